The van der Waals surface area contributed by atoms with Gasteiger partial charge in [0.15, 0.2) is 11.5 Å². The molecule has 1 rings (SSSR count). The molecular weight excluding hydrogens is 314 g/mol. The van der Waals surface area contributed by atoms with Gasteiger partial charge in [0.25, 0.3) is 0 Å². The molecule has 2 nitrogen and oxygen atoms in total. The maximum absolute atomic E-state index is 12.3. The minimum Gasteiger partial charge on any atom is -0.485 e. The maximum Gasteiger partial charge on any atom is 0.448 e. The lowest BCUT2D eigenvalue weighted by molar-refractivity contribution is -0.134. The molecule has 0 bridgehead atoms. The molecule has 0 N–H and O–H groups in total. The van der Waals surface area contributed by atoms with Crippen molar-refractivity contribution in [1.29, 1.82) is 0 Å². The van der Waals surface area contributed by atoms with Gasteiger partial charge >= 0.3 is 12.4 Å². The van der Waals surface area contributed by atoms with Crippen molar-refractivity contribution in [3.8, 4) is 0 Å². The van der Waals surface area contributed by atoms with Gasteiger partial charge in [0.2, 0.25) is 0 Å². The normalized spacial score (nSPS) is 11.9. The summed E-state index contributed by atoms with van der Waals surface area (Å²) >= 11 is 0. The van der Waals surface area contributed by atoms with Crippen LogP contribution in [0, 0.1) is 0 Å². The van der Waals surface area contributed by atoms with Crippen LogP contribution in [0.1, 0.15) is 11.1 Å². The first-order valence-corrected chi connectivity index (χ1v) is 5.86. The van der Waals surface area contributed by atoms with Crippen molar-refractivity contribution in [1.82, 2.24) is 0 Å². The molecule has 1 aromatic carbocycles. The molecule has 0 radical (unpaired) electrons. The zero-order valence-corrected chi connectivity index (χ0v) is 11.2. The van der Waals surface area contributed by atoms with E-state index in [-0.39, 0.29) is 11.1 Å². The van der Waals surface area contributed by atoms with E-state index in [1.807, 2.05) is 0 Å². The quantitative estimate of drug-likeness (QED) is 0.548. The average molecular weight is 326 g/mol. The van der Waals surface area contributed by atoms with Crippen LogP contribution in [0.3, 0.4) is 0 Å². The summed E-state index contributed by atoms with van der Waals surface area (Å²) < 4.78 is 82.5. The lowest BCUT2D eigenvalue weighted by atomic mass is 10.1. The molecule has 0 saturated carbocycles. The third kappa shape index (κ3) is 5.34. The first-order chi connectivity index (χ1) is 10.0. The molecule has 0 unspecified atom stereocenters. The number of allylic oxidation sites excluding steroid dienone is 2. The number of rotatable bonds is 6. The van der Waals surface area contributed by atoms with E-state index in [0.29, 0.717) is 0 Å². The molecule has 0 aliphatic heterocycles. The molecule has 22 heavy (non-hydrogen) atoms. The number of hydrogen-bond acceptors (Lipinski definition) is 2. The standard InChI is InChI=1S/C14H12F6O2/c1-9(13(15,16)17)21-7-11-5-3-4-6-12(11)8-22-10(2)14(18,19)20/h3-6H,1-2,7-8H2. The molecule has 0 amide bonds. The highest BCUT2D eigenvalue weighted by Gasteiger charge is 2.35. The molecule has 0 fully saturated rings. The summed E-state index contributed by atoms with van der Waals surface area (Å²) in [5.41, 5.74) is 0.505. The smallest absolute Gasteiger partial charge is 0.448 e. The highest BCUT2D eigenvalue weighted by Crippen LogP contribution is 2.28. The fourth-order valence-corrected chi connectivity index (χ4v) is 1.33. The van der Waals surface area contributed by atoms with Crippen LogP contribution in [0.2, 0.25) is 0 Å². The van der Waals surface area contributed by atoms with Gasteiger partial charge in [-0.3, -0.25) is 0 Å². The summed E-state index contributed by atoms with van der Waals surface area (Å²) in [7, 11) is 0. The van der Waals surface area contributed by atoms with Crippen LogP contribution in [0.15, 0.2) is 48.9 Å². The maximum atomic E-state index is 12.3. The van der Waals surface area contributed by atoms with Gasteiger partial charge in [-0.05, 0) is 11.1 Å². The molecule has 122 valence electrons. The number of alkyl halides is 6. The molecule has 0 atom stereocenters. The molecule has 0 aliphatic rings. The van der Waals surface area contributed by atoms with E-state index in [0.717, 1.165) is 0 Å². The SMILES string of the molecule is C=C(OCc1ccccc1COC(=C)C(F)(F)F)C(F)(F)F. The second kappa shape index (κ2) is 6.76. The van der Waals surface area contributed by atoms with E-state index in [1.54, 1.807) is 0 Å². The Morgan fingerprint density at radius 3 is 1.36 bits per heavy atom. The van der Waals surface area contributed by atoms with Crippen molar-refractivity contribution < 1.29 is 35.8 Å². The van der Waals surface area contributed by atoms with Crippen LogP contribution in [0.25, 0.3) is 0 Å². The first-order valence-electron chi connectivity index (χ1n) is 5.86. The number of benzene rings is 1. The van der Waals surface area contributed by atoms with Crippen molar-refractivity contribution in [2.75, 3.05) is 0 Å². The molecule has 8 heteroatoms. The monoisotopic (exact) mass is 326 g/mol. The third-order valence-corrected chi connectivity index (χ3v) is 2.55. The number of ether oxygens (including phenoxy) is 2. The Morgan fingerprint density at radius 1 is 0.773 bits per heavy atom. The second-order valence-corrected chi connectivity index (χ2v) is 4.19. The summed E-state index contributed by atoms with van der Waals surface area (Å²) in [5, 5.41) is 0. The summed E-state index contributed by atoms with van der Waals surface area (Å²) in [4.78, 5) is 0. The highest BCUT2D eigenvalue weighted by molar-refractivity contribution is 5.26. The van der Waals surface area contributed by atoms with Crippen LogP contribution in [-0.4, -0.2) is 12.4 Å². The third-order valence-electron chi connectivity index (χ3n) is 2.55. The zero-order chi connectivity index (χ0) is 17.0. The fourth-order valence-electron chi connectivity index (χ4n) is 1.33. The Kier molecular flexibility index (Phi) is 5.51. The van der Waals surface area contributed by atoms with Crippen molar-refractivity contribution >= 4 is 0 Å². The Morgan fingerprint density at radius 2 is 1.09 bits per heavy atom. The van der Waals surface area contributed by atoms with E-state index >= 15 is 0 Å². The number of hydrogen-bond donors (Lipinski definition) is 0. The van der Waals surface area contributed by atoms with Crippen molar-refractivity contribution in [2.24, 2.45) is 0 Å². The van der Waals surface area contributed by atoms with Gasteiger partial charge in [-0.25, -0.2) is 0 Å². The van der Waals surface area contributed by atoms with Gasteiger partial charge in [-0.15, -0.1) is 0 Å². The summed E-state index contributed by atoms with van der Waals surface area (Å²) in [6.07, 6.45) is -9.40. The van der Waals surface area contributed by atoms with E-state index in [2.05, 4.69) is 22.6 Å². The first kappa shape index (κ1) is 17.9. The Balaban J connectivity index is 2.70. The van der Waals surface area contributed by atoms with Crippen LogP contribution >= 0.6 is 0 Å². The van der Waals surface area contributed by atoms with Crippen molar-refractivity contribution in [3.05, 3.63) is 60.1 Å². The molecule has 0 heterocycles. The van der Waals surface area contributed by atoms with Gasteiger partial charge in [0.05, 0.1) is 0 Å². The molecule has 0 aromatic heterocycles. The van der Waals surface area contributed by atoms with Crippen LogP contribution in [0.4, 0.5) is 26.3 Å². The predicted octanol–water partition coefficient (Wildman–Crippen LogP) is 4.87. The fraction of sp³-hybridized carbons (Fsp3) is 0.286. The predicted molar refractivity (Wildman–Crippen MR) is 66.4 cm³/mol. The zero-order valence-electron chi connectivity index (χ0n) is 11.2. The van der Waals surface area contributed by atoms with E-state index in [4.69, 9.17) is 0 Å². The van der Waals surface area contributed by atoms with Crippen LogP contribution in [0.5, 0.6) is 0 Å². The Labute approximate surface area is 122 Å². The van der Waals surface area contributed by atoms with E-state index in [9.17, 15) is 26.3 Å². The highest BCUT2D eigenvalue weighted by atomic mass is 19.4. The minimum absolute atomic E-state index is 0.253. The van der Waals surface area contributed by atoms with Gasteiger partial charge in [-0.2, -0.15) is 26.3 Å². The molecule has 0 saturated heterocycles. The van der Waals surface area contributed by atoms with E-state index in [1.165, 1.54) is 24.3 Å². The Bertz CT molecular complexity index is 496. The van der Waals surface area contributed by atoms with Crippen molar-refractivity contribution in [2.45, 2.75) is 25.6 Å². The summed E-state index contributed by atoms with van der Waals surface area (Å²) in [6, 6.07) is 5.85. The van der Waals surface area contributed by atoms with Gasteiger partial charge in [0.1, 0.15) is 13.2 Å². The topological polar surface area (TPSA) is 18.5 Å². The lowest BCUT2D eigenvalue weighted by Crippen LogP contribution is -2.15. The van der Waals surface area contributed by atoms with E-state index < -0.39 is 37.1 Å². The van der Waals surface area contributed by atoms with Gasteiger partial charge in [0, 0.05) is 0 Å². The van der Waals surface area contributed by atoms with Crippen LogP contribution in [-0.2, 0) is 22.7 Å². The lowest BCUT2D eigenvalue weighted by Gasteiger charge is -2.16. The summed E-state index contributed by atoms with van der Waals surface area (Å²) in [6.45, 7) is 4.49. The number of halogens is 6. The Hall–Kier alpha value is -2.12. The van der Waals surface area contributed by atoms with Crippen molar-refractivity contribution in [3.63, 3.8) is 0 Å². The van der Waals surface area contributed by atoms with Gasteiger partial charge < -0.3 is 9.47 Å². The molecule has 0 spiro atoms. The summed E-state index contributed by atoms with van der Waals surface area (Å²) in [5.74, 6) is -2.77. The largest absolute Gasteiger partial charge is 0.485 e. The van der Waals surface area contributed by atoms with Gasteiger partial charge in [-0.1, -0.05) is 37.4 Å². The minimum atomic E-state index is -4.70. The molecule has 1 aromatic rings. The molecular formula is C14H12F6O2. The average Bonchev–Trinajstić information content (AvgIpc) is 2.40. The van der Waals surface area contributed by atoms with Crippen LogP contribution < -0.4 is 0 Å². The second-order valence-electron chi connectivity index (χ2n) is 4.19. The molecule has 0 aliphatic carbocycles.